The molecule has 1 aromatic heterocycles. The zero-order valence-corrected chi connectivity index (χ0v) is 12.0. The van der Waals surface area contributed by atoms with Crippen LogP contribution in [0.25, 0.3) is 0 Å². The number of carbonyl (C=O) groups is 1. The number of carbonyl (C=O) groups excluding carboxylic acids is 1. The van der Waals surface area contributed by atoms with Gasteiger partial charge in [0.15, 0.2) is 5.78 Å². The van der Waals surface area contributed by atoms with Crippen molar-refractivity contribution in [3.05, 3.63) is 18.2 Å². The van der Waals surface area contributed by atoms with Crippen LogP contribution in [-0.4, -0.2) is 60.8 Å². The summed E-state index contributed by atoms with van der Waals surface area (Å²) >= 11 is 0. The summed E-state index contributed by atoms with van der Waals surface area (Å²) in [5, 5.41) is 0. The Morgan fingerprint density at radius 1 is 1.32 bits per heavy atom. The van der Waals surface area contributed by atoms with Crippen LogP contribution in [-0.2, 0) is 27.4 Å². The predicted octanol–water partition coefficient (Wildman–Crippen LogP) is 0.567. The molecule has 0 unspecified atom stereocenters. The van der Waals surface area contributed by atoms with Gasteiger partial charge in [0.05, 0.1) is 31.8 Å². The number of imidazole rings is 1. The molecule has 0 saturated carbocycles. The van der Waals surface area contributed by atoms with Crippen LogP contribution in [0.4, 0.5) is 0 Å². The first-order valence-corrected chi connectivity index (χ1v) is 6.38. The maximum absolute atomic E-state index is 10.6. The molecule has 0 atom stereocenters. The van der Waals surface area contributed by atoms with E-state index in [1.807, 2.05) is 31.2 Å². The third-order valence-corrected chi connectivity index (χ3v) is 2.34. The quantitative estimate of drug-likeness (QED) is 0.581. The Morgan fingerprint density at radius 3 is 2.74 bits per heavy atom. The first kappa shape index (κ1) is 15.8. The van der Waals surface area contributed by atoms with E-state index in [0.717, 1.165) is 18.8 Å². The summed E-state index contributed by atoms with van der Waals surface area (Å²) in [7, 11) is 4.03. The van der Waals surface area contributed by atoms with Crippen LogP contribution >= 0.6 is 0 Å². The highest BCUT2D eigenvalue weighted by Crippen LogP contribution is 1.99. The van der Waals surface area contributed by atoms with Gasteiger partial charge in [-0.25, -0.2) is 4.98 Å². The molecule has 0 spiro atoms. The third kappa shape index (κ3) is 7.71. The number of nitrogens with zero attached hydrogens (tertiary/aromatic N) is 3. The second-order valence-corrected chi connectivity index (χ2v) is 4.71. The number of aromatic nitrogens is 2. The van der Waals surface area contributed by atoms with Crippen LogP contribution in [0.15, 0.2) is 12.5 Å². The third-order valence-electron chi connectivity index (χ3n) is 2.34. The molecule has 1 heterocycles. The van der Waals surface area contributed by atoms with Crippen molar-refractivity contribution in [3.63, 3.8) is 0 Å². The van der Waals surface area contributed by atoms with Gasteiger partial charge in [-0.3, -0.25) is 4.79 Å². The molecule has 0 saturated heterocycles. The average molecular weight is 269 g/mol. The lowest BCUT2D eigenvalue weighted by Gasteiger charge is -2.06. The smallest absolute Gasteiger partial charge is 0.155 e. The number of rotatable bonds is 10. The van der Waals surface area contributed by atoms with E-state index < -0.39 is 0 Å². The van der Waals surface area contributed by atoms with E-state index in [1.165, 1.54) is 6.92 Å². The van der Waals surface area contributed by atoms with Crippen molar-refractivity contribution in [1.82, 2.24) is 14.5 Å². The lowest BCUT2D eigenvalue weighted by atomic mass is 10.4. The van der Waals surface area contributed by atoms with E-state index in [0.29, 0.717) is 19.8 Å². The lowest BCUT2D eigenvalue weighted by Crippen LogP contribution is -2.12. The molecule has 6 nitrogen and oxygen atoms in total. The van der Waals surface area contributed by atoms with Crippen molar-refractivity contribution < 1.29 is 14.3 Å². The fourth-order valence-electron chi connectivity index (χ4n) is 1.54. The van der Waals surface area contributed by atoms with Gasteiger partial charge in [-0.1, -0.05) is 0 Å². The molecule has 0 fully saturated rings. The molecule has 0 aliphatic rings. The van der Waals surface area contributed by atoms with Crippen LogP contribution in [0.1, 0.15) is 12.6 Å². The molecule has 1 aromatic rings. The minimum atomic E-state index is 0.0341. The van der Waals surface area contributed by atoms with Gasteiger partial charge in [0.2, 0.25) is 0 Å². The fraction of sp³-hybridized carbons (Fsp3) is 0.692. The summed E-state index contributed by atoms with van der Waals surface area (Å²) in [4.78, 5) is 17.0. The van der Waals surface area contributed by atoms with Gasteiger partial charge in [-0.05, 0) is 21.0 Å². The molecule has 6 heteroatoms. The summed E-state index contributed by atoms with van der Waals surface area (Å²) in [6.45, 7) is 4.85. The highest BCUT2D eigenvalue weighted by molar-refractivity contribution is 5.76. The first-order valence-electron chi connectivity index (χ1n) is 6.38. The largest absolute Gasteiger partial charge is 0.377 e. The molecule has 0 amide bonds. The van der Waals surface area contributed by atoms with E-state index in [1.54, 1.807) is 0 Å². The highest BCUT2D eigenvalue weighted by Gasteiger charge is 2.00. The van der Waals surface area contributed by atoms with Crippen molar-refractivity contribution in [2.24, 2.45) is 0 Å². The van der Waals surface area contributed by atoms with Crippen LogP contribution in [0, 0.1) is 0 Å². The normalized spacial score (nSPS) is 11.2. The Balaban J connectivity index is 2.06. The second kappa shape index (κ2) is 8.79. The summed E-state index contributed by atoms with van der Waals surface area (Å²) in [5.74, 6) is 0.0341. The number of ether oxygens (including phenoxy) is 2. The molecular weight excluding hydrogens is 246 g/mol. The van der Waals surface area contributed by atoms with E-state index >= 15 is 0 Å². The van der Waals surface area contributed by atoms with E-state index in [4.69, 9.17) is 9.47 Å². The van der Waals surface area contributed by atoms with Crippen LogP contribution in [0.5, 0.6) is 0 Å². The molecule has 0 aromatic carbocycles. The summed E-state index contributed by atoms with van der Waals surface area (Å²) in [6, 6.07) is 0. The highest BCUT2D eigenvalue weighted by atomic mass is 16.5. The van der Waals surface area contributed by atoms with Crippen molar-refractivity contribution in [2.75, 3.05) is 40.5 Å². The Morgan fingerprint density at radius 2 is 2.05 bits per heavy atom. The van der Waals surface area contributed by atoms with Crippen molar-refractivity contribution >= 4 is 5.78 Å². The molecule has 0 radical (unpaired) electrons. The Labute approximate surface area is 114 Å². The number of hydrogen-bond acceptors (Lipinski definition) is 5. The minimum Gasteiger partial charge on any atom is -0.377 e. The van der Waals surface area contributed by atoms with Gasteiger partial charge in [-0.15, -0.1) is 0 Å². The molecule has 0 aliphatic carbocycles. The average Bonchev–Trinajstić information content (AvgIpc) is 2.74. The lowest BCUT2D eigenvalue weighted by molar-refractivity contribution is -0.121. The van der Waals surface area contributed by atoms with E-state index in [2.05, 4.69) is 9.88 Å². The second-order valence-electron chi connectivity index (χ2n) is 4.71. The maximum Gasteiger partial charge on any atom is 0.155 e. The summed E-state index contributed by atoms with van der Waals surface area (Å²) in [6.07, 6.45) is 3.84. The molecule has 108 valence electrons. The predicted molar refractivity (Wildman–Crippen MR) is 71.9 cm³/mol. The SMILES string of the molecule is CC(=O)COCCOCCn1cnc(CN(C)C)c1. The first-order chi connectivity index (χ1) is 9.08. The minimum absolute atomic E-state index is 0.0341. The monoisotopic (exact) mass is 269 g/mol. The van der Waals surface area contributed by atoms with E-state index in [9.17, 15) is 4.79 Å². The van der Waals surface area contributed by atoms with E-state index in [-0.39, 0.29) is 12.4 Å². The van der Waals surface area contributed by atoms with Gasteiger partial charge < -0.3 is 18.9 Å². The number of hydrogen-bond donors (Lipinski definition) is 0. The molecule has 19 heavy (non-hydrogen) atoms. The Kier molecular flexibility index (Phi) is 7.32. The standard InChI is InChI=1S/C13H23N3O3/c1-12(17)10-19-7-6-18-5-4-16-9-13(14-11-16)8-15(2)3/h9,11H,4-8,10H2,1-3H3. The van der Waals surface area contributed by atoms with Gasteiger partial charge in [0.1, 0.15) is 6.61 Å². The maximum atomic E-state index is 10.6. The topological polar surface area (TPSA) is 56.6 Å². The Hall–Kier alpha value is -1.24. The number of ketones is 1. The van der Waals surface area contributed by atoms with Gasteiger partial charge in [0, 0.05) is 19.3 Å². The molecular formula is C13H23N3O3. The molecule has 0 bridgehead atoms. The molecule has 0 N–H and O–H groups in total. The van der Waals surface area contributed by atoms with Crippen LogP contribution in [0.2, 0.25) is 0 Å². The zero-order valence-electron chi connectivity index (χ0n) is 12.0. The summed E-state index contributed by atoms with van der Waals surface area (Å²) < 4.78 is 12.5. The zero-order chi connectivity index (χ0) is 14.1. The van der Waals surface area contributed by atoms with Gasteiger partial charge in [0.25, 0.3) is 0 Å². The van der Waals surface area contributed by atoms with Gasteiger partial charge in [-0.2, -0.15) is 0 Å². The van der Waals surface area contributed by atoms with Crippen LogP contribution in [0.3, 0.4) is 0 Å². The summed E-state index contributed by atoms with van der Waals surface area (Å²) in [5.41, 5.74) is 1.05. The van der Waals surface area contributed by atoms with Crippen molar-refractivity contribution in [2.45, 2.75) is 20.0 Å². The number of Topliss-reactive ketones (excluding diaryl/α,β-unsaturated/α-hetero) is 1. The van der Waals surface area contributed by atoms with Gasteiger partial charge >= 0.3 is 0 Å². The molecule has 1 rings (SSSR count). The Bertz CT molecular complexity index is 377. The fourth-order valence-corrected chi connectivity index (χ4v) is 1.54. The van der Waals surface area contributed by atoms with Crippen molar-refractivity contribution in [1.29, 1.82) is 0 Å². The van der Waals surface area contributed by atoms with Crippen LogP contribution < -0.4 is 0 Å². The van der Waals surface area contributed by atoms with Crippen molar-refractivity contribution in [3.8, 4) is 0 Å². The molecule has 0 aliphatic heterocycles.